The molecule has 0 fully saturated rings. The molecule has 3 atom stereocenters. The van der Waals surface area contributed by atoms with E-state index in [1.54, 1.807) is 0 Å². The van der Waals surface area contributed by atoms with Crippen molar-refractivity contribution in [3.8, 4) is 11.1 Å². The summed E-state index contributed by atoms with van der Waals surface area (Å²) < 4.78 is 0. The van der Waals surface area contributed by atoms with Crippen LogP contribution >= 0.6 is 0 Å². The average molecular weight is 354 g/mol. The van der Waals surface area contributed by atoms with Crippen LogP contribution in [0, 0.1) is 11.8 Å². The van der Waals surface area contributed by atoms with Gasteiger partial charge in [0.15, 0.2) is 0 Å². The van der Waals surface area contributed by atoms with E-state index in [0.717, 1.165) is 18.5 Å². The lowest BCUT2D eigenvalue weighted by molar-refractivity contribution is 0.487. The highest BCUT2D eigenvalue weighted by Crippen LogP contribution is 2.35. The molecule has 2 aromatic carbocycles. The molecular formula is C26H27N. The fraction of sp³-hybridized carbons (Fsp3) is 0.231. The van der Waals surface area contributed by atoms with E-state index in [2.05, 4.69) is 98.0 Å². The van der Waals surface area contributed by atoms with E-state index in [-0.39, 0.29) is 5.92 Å². The van der Waals surface area contributed by atoms with Gasteiger partial charge in [0, 0.05) is 11.6 Å². The van der Waals surface area contributed by atoms with E-state index in [0.29, 0.717) is 11.8 Å². The van der Waals surface area contributed by atoms with Gasteiger partial charge in [-0.05, 0) is 53.0 Å². The molecule has 0 radical (unpaired) electrons. The molecule has 136 valence electrons. The fourth-order valence-corrected chi connectivity index (χ4v) is 4.30. The summed E-state index contributed by atoms with van der Waals surface area (Å²) in [6.45, 7) is 2.26. The smallest absolute Gasteiger partial charge is 0.0230 e. The van der Waals surface area contributed by atoms with E-state index in [4.69, 9.17) is 5.73 Å². The van der Waals surface area contributed by atoms with E-state index >= 15 is 0 Å². The second kappa shape index (κ2) is 7.84. The van der Waals surface area contributed by atoms with Gasteiger partial charge >= 0.3 is 0 Å². The van der Waals surface area contributed by atoms with E-state index < -0.39 is 0 Å². The molecule has 0 amide bonds. The van der Waals surface area contributed by atoms with Gasteiger partial charge < -0.3 is 5.73 Å². The summed E-state index contributed by atoms with van der Waals surface area (Å²) in [6.07, 6.45) is 17.5. The maximum atomic E-state index is 6.47. The van der Waals surface area contributed by atoms with Crippen LogP contribution in [0.3, 0.4) is 0 Å². The molecule has 0 saturated heterocycles. The van der Waals surface area contributed by atoms with Crippen LogP contribution in [0.15, 0.2) is 96.8 Å². The van der Waals surface area contributed by atoms with Crippen LogP contribution in [0.4, 0.5) is 0 Å². The van der Waals surface area contributed by atoms with Gasteiger partial charge in [0.05, 0.1) is 0 Å². The van der Waals surface area contributed by atoms with Gasteiger partial charge in [-0.2, -0.15) is 0 Å². The van der Waals surface area contributed by atoms with Crippen LogP contribution in [0.2, 0.25) is 0 Å². The lowest BCUT2D eigenvalue weighted by atomic mass is 9.81. The third-order valence-corrected chi connectivity index (χ3v) is 5.83. The van der Waals surface area contributed by atoms with E-state index in [9.17, 15) is 0 Å². The molecule has 0 heterocycles. The van der Waals surface area contributed by atoms with Crippen molar-refractivity contribution in [2.45, 2.75) is 25.7 Å². The number of hydrogen-bond donors (Lipinski definition) is 1. The number of rotatable bonds is 0. The van der Waals surface area contributed by atoms with Crippen molar-refractivity contribution in [2.24, 2.45) is 17.6 Å². The average Bonchev–Trinajstić information content (AvgIpc) is 2.72. The van der Waals surface area contributed by atoms with Gasteiger partial charge in [-0.15, -0.1) is 0 Å². The van der Waals surface area contributed by atoms with Crippen LogP contribution in [-0.2, 0) is 6.42 Å². The van der Waals surface area contributed by atoms with Crippen molar-refractivity contribution in [3.63, 3.8) is 0 Å². The first-order valence-electron chi connectivity index (χ1n) is 9.90. The lowest BCUT2D eigenvalue weighted by Gasteiger charge is -2.25. The van der Waals surface area contributed by atoms with Crippen LogP contribution < -0.4 is 5.73 Å². The van der Waals surface area contributed by atoms with Crippen molar-refractivity contribution in [2.75, 3.05) is 0 Å². The minimum absolute atomic E-state index is 0.283. The number of benzene rings is 2. The summed E-state index contributed by atoms with van der Waals surface area (Å²) in [5.41, 5.74) is 12.9. The van der Waals surface area contributed by atoms with Gasteiger partial charge in [0.25, 0.3) is 0 Å². The Hall–Kier alpha value is -2.80. The van der Waals surface area contributed by atoms with Crippen molar-refractivity contribution >= 4 is 0 Å². The predicted molar refractivity (Wildman–Crippen MR) is 115 cm³/mol. The second-order valence-electron chi connectivity index (χ2n) is 7.58. The van der Waals surface area contributed by atoms with E-state index in [1.165, 1.54) is 22.3 Å². The SMILES string of the molecule is C[C@@H]1/C=C\C=C(/N)C2C=CC=CC2CCc2ccccc2-c2ccccc21. The Balaban J connectivity index is 1.83. The third kappa shape index (κ3) is 3.68. The Kier molecular flexibility index (Phi) is 5.11. The maximum Gasteiger partial charge on any atom is 0.0230 e. The largest absolute Gasteiger partial charge is 0.402 e. The van der Waals surface area contributed by atoms with Crippen LogP contribution in [0.1, 0.15) is 30.4 Å². The quantitative estimate of drug-likeness (QED) is 0.603. The van der Waals surface area contributed by atoms with Gasteiger partial charge in [-0.1, -0.05) is 91.9 Å². The molecule has 2 aromatic rings. The zero-order valence-corrected chi connectivity index (χ0v) is 15.9. The zero-order valence-electron chi connectivity index (χ0n) is 15.9. The summed E-state index contributed by atoms with van der Waals surface area (Å²) in [6, 6.07) is 17.7. The topological polar surface area (TPSA) is 26.0 Å². The minimum atomic E-state index is 0.283. The lowest BCUT2D eigenvalue weighted by Crippen LogP contribution is -2.20. The van der Waals surface area contributed by atoms with Crippen molar-refractivity contribution < 1.29 is 0 Å². The highest BCUT2D eigenvalue weighted by atomic mass is 14.6. The summed E-state index contributed by atoms with van der Waals surface area (Å²) in [4.78, 5) is 0. The minimum Gasteiger partial charge on any atom is -0.402 e. The highest BCUT2D eigenvalue weighted by Gasteiger charge is 2.22. The number of aryl methyl sites for hydroxylation is 1. The molecule has 4 rings (SSSR count). The molecule has 0 aromatic heterocycles. The molecule has 2 aliphatic rings. The first-order chi connectivity index (χ1) is 13.2. The van der Waals surface area contributed by atoms with Crippen LogP contribution in [0.25, 0.3) is 11.1 Å². The molecule has 2 N–H and O–H groups in total. The summed E-state index contributed by atoms with van der Waals surface area (Å²) in [7, 11) is 0. The first kappa shape index (κ1) is 17.6. The van der Waals surface area contributed by atoms with Crippen LogP contribution in [-0.4, -0.2) is 0 Å². The number of nitrogens with two attached hydrogens (primary N) is 1. The van der Waals surface area contributed by atoms with E-state index in [1.807, 2.05) is 0 Å². The summed E-state index contributed by atoms with van der Waals surface area (Å²) >= 11 is 0. The molecule has 0 saturated carbocycles. The number of allylic oxidation sites excluding steroid dienone is 7. The second-order valence-corrected chi connectivity index (χ2v) is 7.58. The molecule has 1 nitrogen and oxygen atoms in total. The zero-order chi connectivity index (χ0) is 18.6. The fourth-order valence-electron chi connectivity index (χ4n) is 4.30. The Morgan fingerprint density at radius 2 is 1.56 bits per heavy atom. The van der Waals surface area contributed by atoms with Crippen molar-refractivity contribution in [1.82, 2.24) is 0 Å². The number of fused-ring (bicyclic) bond motifs is 4. The van der Waals surface area contributed by atoms with Gasteiger partial charge in [-0.3, -0.25) is 0 Å². The molecule has 0 aliphatic heterocycles. The first-order valence-corrected chi connectivity index (χ1v) is 9.90. The van der Waals surface area contributed by atoms with Crippen molar-refractivity contribution in [3.05, 3.63) is 108 Å². The monoisotopic (exact) mass is 353 g/mol. The normalized spacial score (nSPS) is 27.6. The Labute approximate surface area is 162 Å². The predicted octanol–water partition coefficient (Wildman–Crippen LogP) is 6.16. The van der Waals surface area contributed by atoms with Gasteiger partial charge in [0.1, 0.15) is 0 Å². The molecule has 2 aliphatic carbocycles. The summed E-state index contributed by atoms with van der Waals surface area (Å²) in [5.74, 6) is 1.06. The molecule has 0 bridgehead atoms. The van der Waals surface area contributed by atoms with Crippen molar-refractivity contribution in [1.29, 1.82) is 0 Å². The standard InChI is InChI=1S/C26H27N/c1-19-9-8-16-26(27)24-14-5-3-11-21(24)18-17-20-10-2-4-13-23(20)25-15-7-6-12-22(19)25/h2-16,19,21,24H,17-18,27H2,1H3/b9-8-,26-16-/t19-,21?,24?/m1/s1. The summed E-state index contributed by atoms with van der Waals surface area (Å²) in [5, 5.41) is 0. The molecule has 0 spiro atoms. The van der Waals surface area contributed by atoms with Crippen LogP contribution in [0.5, 0.6) is 0 Å². The third-order valence-electron chi connectivity index (χ3n) is 5.83. The van der Waals surface area contributed by atoms with Gasteiger partial charge in [0.2, 0.25) is 0 Å². The molecule has 1 heteroatoms. The molecule has 27 heavy (non-hydrogen) atoms. The Bertz CT molecular complexity index is 929. The Morgan fingerprint density at radius 1 is 0.815 bits per heavy atom. The highest BCUT2D eigenvalue weighted by molar-refractivity contribution is 5.71. The number of hydrogen-bond acceptors (Lipinski definition) is 1. The Morgan fingerprint density at radius 3 is 2.44 bits per heavy atom. The molecular weight excluding hydrogens is 326 g/mol. The molecule has 2 unspecified atom stereocenters. The maximum absolute atomic E-state index is 6.47. The van der Waals surface area contributed by atoms with Gasteiger partial charge in [-0.25, -0.2) is 0 Å².